The number of para-hydroxylation sites is 1. The van der Waals surface area contributed by atoms with Crippen LogP contribution in [0.1, 0.15) is 17.9 Å². The zero-order valence-corrected chi connectivity index (χ0v) is 15.8. The van der Waals surface area contributed by atoms with E-state index in [0.717, 1.165) is 11.3 Å². The molecule has 2 aromatic carbocycles. The molecule has 25 heavy (non-hydrogen) atoms. The Bertz CT molecular complexity index is 821. The topological polar surface area (TPSA) is 55.8 Å². The zero-order chi connectivity index (χ0) is 17.9. The molecule has 0 bridgehead atoms. The van der Waals surface area contributed by atoms with Crippen molar-refractivity contribution in [2.45, 2.75) is 17.2 Å². The van der Waals surface area contributed by atoms with Crippen molar-refractivity contribution in [2.24, 2.45) is 0 Å². The third kappa shape index (κ3) is 3.63. The summed E-state index contributed by atoms with van der Waals surface area (Å²) in [6.45, 7) is 2.91. The van der Waals surface area contributed by atoms with Gasteiger partial charge in [-0.05, 0) is 37.3 Å². The lowest BCUT2D eigenvalue weighted by molar-refractivity contribution is 0.340. The van der Waals surface area contributed by atoms with Gasteiger partial charge in [0.15, 0.2) is 0 Å². The Morgan fingerprint density at radius 2 is 1.88 bits per heavy atom. The molecule has 2 aromatic rings. The molecule has 1 aliphatic rings. The maximum Gasteiger partial charge on any atom is 0.244 e. The van der Waals surface area contributed by atoms with Gasteiger partial charge in [-0.15, -0.1) is 11.8 Å². The van der Waals surface area contributed by atoms with E-state index in [1.165, 1.54) is 0 Å². The molecule has 1 heterocycles. The molecule has 134 valence electrons. The van der Waals surface area contributed by atoms with Crippen LogP contribution >= 0.6 is 11.8 Å². The molecule has 0 saturated carbocycles. The molecule has 1 fully saturated rings. The highest BCUT2D eigenvalue weighted by Crippen LogP contribution is 2.44. The fourth-order valence-electron chi connectivity index (χ4n) is 2.83. The van der Waals surface area contributed by atoms with Crippen LogP contribution in [0.5, 0.6) is 11.5 Å². The Morgan fingerprint density at radius 3 is 2.56 bits per heavy atom. The maximum atomic E-state index is 13.1. The first-order valence-corrected chi connectivity index (χ1v) is 10.6. The van der Waals surface area contributed by atoms with E-state index in [9.17, 15) is 8.42 Å². The number of benzene rings is 2. The lowest BCUT2D eigenvalue weighted by Gasteiger charge is -2.24. The average molecular weight is 380 g/mol. The van der Waals surface area contributed by atoms with E-state index in [0.29, 0.717) is 24.7 Å². The van der Waals surface area contributed by atoms with Gasteiger partial charge in [0, 0.05) is 17.9 Å². The first-order valence-electron chi connectivity index (χ1n) is 8.07. The van der Waals surface area contributed by atoms with Crippen LogP contribution in [0.15, 0.2) is 53.4 Å². The molecule has 0 radical (unpaired) electrons. The van der Waals surface area contributed by atoms with Gasteiger partial charge in [-0.25, -0.2) is 8.42 Å². The molecule has 0 N–H and O–H groups in total. The lowest BCUT2D eigenvalue weighted by Crippen LogP contribution is -2.30. The molecule has 0 spiro atoms. The summed E-state index contributed by atoms with van der Waals surface area (Å²) >= 11 is 1.61. The molecule has 0 aliphatic carbocycles. The minimum Gasteiger partial charge on any atom is -0.496 e. The zero-order valence-electron chi connectivity index (χ0n) is 14.2. The van der Waals surface area contributed by atoms with E-state index in [1.54, 1.807) is 47.4 Å². The molecular weight excluding hydrogens is 358 g/mol. The second kappa shape index (κ2) is 7.68. The SMILES string of the molecule is CCOc1ccc(S(=O)(=O)N2CCS[C@H]2c2ccccc2OC)cc1. The Kier molecular flexibility index (Phi) is 5.56. The Hall–Kier alpha value is -1.70. The van der Waals surface area contributed by atoms with E-state index in [-0.39, 0.29) is 10.3 Å². The predicted octanol–water partition coefficient (Wildman–Crippen LogP) is 3.53. The molecule has 3 rings (SSSR count). The third-order valence-electron chi connectivity index (χ3n) is 4.00. The Morgan fingerprint density at radius 1 is 1.16 bits per heavy atom. The summed E-state index contributed by atoms with van der Waals surface area (Å²) in [5, 5.41) is -0.285. The minimum absolute atomic E-state index is 0.276. The fourth-order valence-corrected chi connectivity index (χ4v) is 6.08. The summed E-state index contributed by atoms with van der Waals surface area (Å²) in [5.74, 6) is 2.12. The summed E-state index contributed by atoms with van der Waals surface area (Å²) in [7, 11) is -1.99. The number of thioether (sulfide) groups is 1. The molecule has 1 aliphatic heterocycles. The summed E-state index contributed by atoms with van der Waals surface area (Å²) in [6, 6.07) is 14.1. The maximum absolute atomic E-state index is 13.1. The van der Waals surface area contributed by atoms with Crippen LogP contribution in [0.4, 0.5) is 0 Å². The summed E-state index contributed by atoms with van der Waals surface area (Å²) in [4.78, 5) is 0.276. The summed E-state index contributed by atoms with van der Waals surface area (Å²) in [5.41, 5.74) is 0.877. The van der Waals surface area contributed by atoms with Gasteiger partial charge >= 0.3 is 0 Å². The fraction of sp³-hybridized carbons (Fsp3) is 0.333. The first kappa shape index (κ1) is 18.1. The van der Waals surface area contributed by atoms with Gasteiger partial charge in [-0.3, -0.25) is 0 Å². The summed E-state index contributed by atoms with van der Waals surface area (Å²) < 4.78 is 38.6. The van der Waals surface area contributed by atoms with Gasteiger partial charge in [0.1, 0.15) is 11.5 Å². The molecule has 0 unspecified atom stereocenters. The summed E-state index contributed by atoms with van der Waals surface area (Å²) in [6.07, 6.45) is 0. The smallest absolute Gasteiger partial charge is 0.244 e. The number of methoxy groups -OCH3 is 1. The predicted molar refractivity (Wildman–Crippen MR) is 99.7 cm³/mol. The van der Waals surface area contributed by atoms with E-state index in [4.69, 9.17) is 9.47 Å². The third-order valence-corrected chi connectivity index (χ3v) is 7.25. The molecular formula is C18H21NO4S2. The van der Waals surface area contributed by atoms with Crippen LogP contribution in [-0.4, -0.2) is 38.7 Å². The van der Waals surface area contributed by atoms with Crippen molar-refractivity contribution in [3.05, 3.63) is 54.1 Å². The van der Waals surface area contributed by atoms with Crippen LogP contribution in [0.3, 0.4) is 0 Å². The number of ether oxygens (including phenoxy) is 2. The molecule has 0 amide bonds. The lowest BCUT2D eigenvalue weighted by atomic mass is 10.2. The number of nitrogens with zero attached hydrogens (tertiary/aromatic N) is 1. The number of hydrogen-bond donors (Lipinski definition) is 0. The second-order valence-corrected chi connectivity index (χ2v) is 8.56. The van der Waals surface area contributed by atoms with Crippen molar-refractivity contribution in [1.29, 1.82) is 0 Å². The van der Waals surface area contributed by atoms with Crippen LogP contribution in [0, 0.1) is 0 Å². The van der Waals surface area contributed by atoms with E-state index < -0.39 is 10.0 Å². The number of rotatable bonds is 6. The highest BCUT2D eigenvalue weighted by atomic mass is 32.2. The van der Waals surface area contributed by atoms with Gasteiger partial charge in [-0.2, -0.15) is 4.31 Å². The highest BCUT2D eigenvalue weighted by molar-refractivity contribution is 8.01. The van der Waals surface area contributed by atoms with Gasteiger partial charge in [0.2, 0.25) is 10.0 Å². The molecule has 0 aromatic heterocycles. The van der Waals surface area contributed by atoms with Crippen LogP contribution in [-0.2, 0) is 10.0 Å². The van der Waals surface area contributed by atoms with Gasteiger partial charge in [-0.1, -0.05) is 18.2 Å². The van der Waals surface area contributed by atoms with E-state index in [1.807, 2.05) is 31.2 Å². The molecule has 1 atom stereocenters. The van der Waals surface area contributed by atoms with Crippen LogP contribution in [0.2, 0.25) is 0 Å². The molecule has 7 heteroatoms. The monoisotopic (exact) mass is 379 g/mol. The van der Waals surface area contributed by atoms with E-state index >= 15 is 0 Å². The largest absolute Gasteiger partial charge is 0.496 e. The van der Waals surface area contributed by atoms with Crippen molar-refractivity contribution in [3.8, 4) is 11.5 Å². The van der Waals surface area contributed by atoms with Crippen molar-refractivity contribution >= 4 is 21.8 Å². The standard InChI is InChI=1S/C18H21NO4S2/c1-3-23-14-8-10-15(11-9-14)25(20,21)19-12-13-24-18(19)16-6-4-5-7-17(16)22-2/h4-11,18H,3,12-13H2,1-2H3/t18-/m0/s1. The normalized spacial score (nSPS) is 18.2. The van der Waals surface area contributed by atoms with E-state index in [2.05, 4.69) is 0 Å². The van der Waals surface area contributed by atoms with Crippen LogP contribution < -0.4 is 9.47 Å². The Balaban J connectivity index is 1.93. The first-order chi connectivity index (χ1) is 12.1. The average Bonchev–Trinajstić information content (AvgIpc) is 3.13. The number of hydrogen-bond acceptors (Lipinski definition) is 5. The van der Waals surface area contributed by atoms with Gasteiger partial charge < -0.3 is 9.47 Å². The van der Waals surface area contributed by atoms with Crippen LogP contribution in [0.25, 0.3) is 0 Å². The van der Waals surface area contributed by atoms with Gasteiger partial charge in [0.05, 0.1) is 24.0 Å². The van der Waals surface area contributed by atoms with Gasteiger partial charge in [0.25, 0.3) is 0 Å². The molecule has 5 nitrogen and oxygen atoms in total. The second-order valence-electron chi connectivity index (χ2n) is 5.49. The quantitative estimate of drug-likeness (QED) is 0.768. The molecule has 1 saturated heterocycles. The minimum atomic E-state index is -3.59. The Labute approximate surface area is 153 Å². The van der Waals surface area contributed by atoms with Crippen molar-refractivity contribution in [1.82, 2.24) is 4.31 Å². The van der Waals surface area contributed by atoms with Crippen molar-refractivity contribution in [3.63, 3.8) is 0 Å². The highest BCUT2D eigenvalue weighted by Gasteiger charge is 2.38. The number of sulfonamides is 1. The van der Waals surface area contributed by atoms with Crippen molar-refractivity contribution in [2.75, 3.05) is 26.0 Å². The van der Waals surface area contributed by atoms with Crippen molar-refractivity contribution < 1.29 is 17.9 Å².